The van der Waals surface area contributed by atoms with Gasteiger partial charge in [-0.2, -0.15) is 5.10 Å². The fourth-order valence-electron chi connectivity index (χ4n) is 2.62. The quantitative estimate of drug-likeness (QED) is 0.608. The van der Waals surface area contributed by atoms with E-state index in [9.17, 15) is 14.0 Å². The highest BCUT2D eigenvalue weighted by Crippen LogP contribution is 2.29. The molecule has 0 aliphatic rings. The normalized spacial score (nSPS) is 12.1. The number of nitrogens with one attached hydrogen (secondary N) is 1. The minimum absolute atomic E-state index is 0.0721. The van der Waals surface area contributed by atoms with Gasteiger partial charge in [0.2, 0.25) is 0 Å². The van der Waals surface area contributed by atoms with Crippen LogP contribution in [0, 0.1) is 12.7 Å². The van der Waals surface area contributed by atoms with E-state index in [1.54, 1.807) is 36.0 Å². The lowest BCUT2D eigenvalue weighted by Crippen LogP contribution is -2.31. The third kappa shape index (κ3) is 4.68. The number of rotatable bonds is 6. The van der Waals surface area contributed by atoms with Crippen LogP contribution in [0.4, 0.5) is 10.2 Å². The highest BCUT2D eigenvalue weighted by Gasteiger charge is 2.24. The van der Waals surface area contributed by atoms with Crippen molar-refractivity contribution in [3.8, 4) is 10.6 Å². The van der Waals surface area contributed by atoms with Gasteiger partial charge in [0.1, 0.15) is 21.5 Å². The second kappa shape index (κ2) is 8.52. The fourth-order valence-corrected chi connectivity index (χ4v) is 3.58. The van der Waals surface area contributed by atoms with Gasteiger partial charge >= 0.3 is 5.97 Å². The molecule has 1 atom stereocenters. The molecule has 152 valence electrons. The fraction of sp³-hybridized carbons (Fsp3) is 0.300. The van der Waals surface area contributed by atoms with Crippen LogP contribution in [0.5, 0.6) is 0 Å². The molecule has 7 nitrogen and oxygen atoms in total. The summed E-state index contributed by atoms with van der Waals surface area (Å²) < 4.78 is 20.1. The Labute approximate surface area is 171 Å². The monoisotopic (exact) mass is 416 g/mol. The van der Waals surface area contributed by atoms with E-state index < -0.39 is 18.0 Å². The predicted molar refractivity (Wildman–Crippen MR) is 108 cm³/mol. The van der Waals surface area contributed by atoms with Crippen molar-refractivity contribution >= 4 is 29.0 Å². The molecule has 0 aliphatic heterocycles. The summed E-state index contributed by atoms with van der Waals surface area (Å²) in [7, 11) is 0. The van der Waals surface area contributed by atoms with Crippen molar-refractivity contribution in [2.75, 3.05) is 5.32 Å². The molecule has 0 unspecified atom stereocenters. The van der Waals surface area contributed by atoms with E-state index in [1.165, 1.54) is 19.1 Å². The lowest BCUT2D eigenvalue weighted by molar-refractivity contribution is -0.123. The number of thiazole rings is 1. The summed E-state index contributed by atoms with van der Waals surface area (Å²) in [5.74, 6) is -0.907. The first kappa shape index (κ1) is 20.7. The zero-order chi connectivity index (χ0) is 21.1. The molecule has 0 radical (unpaired) electrons. The Morgan fingerprint density at radius 2 is 1.86 bits per heavy atom. The average molecular weight is 416 g/mol. The number of halogens is 1. The van der Waals surface area contributed by atoms with Gasteiger partial charge in [-0.15, -0.1) is 11.3 Å². The molecule has 2 heterocycles. The van der Waals surface area contributed by atoms with Crippen molar-refractivity contribution in [3.05, 3.63) is 52.9 Å². The van der Waals surface area contributed by atoms with Crippen molar-refractivity contribution in [3.63, 3.8) is 0 Å². The van der Waals surface area contributed by atoms with E-state index in [-0.39, 0.29) is 11.9 Å². The second-order valence-corrected chi connectivity index (χ2v) is 7.73. The molecule has 0 spiro atoms. The molecule has 0 fully saturated rings. The first-order valence-electron chi connectivity index (χ1n) is 9.05. The van der Waals surface area contributed by atoms with E-state index >= 15 is 0 Å². The SMILES string of the molecule is Cc1nc(-c2ccc(F)cc2)sc1C(=O)O[C@H](C)C(=O)Nc1ccnn1C(C)C. The number of carbonyl (C=O) groups excluding carboxylic acids is 2. The molecule has 0 aliphatic carbocycles. The van der Waals surface area contributed by atoms with Gasteiger partial charge < -0.3 is 10.1 Å². The van der Waals surface area contributed by atoms with Crippen molar-refractivity contribution < 1.29 is 18.7 Å². The molecule has 1 aromatic carbocycles. The number of hydrogen-bond donors (Lipinski definition) is 1. The third-order valence-corrected chi connectivity index (χ3v) is 5.32. The van der Waals surface area contributed by atoms with Crippen LogP contribution in [0.2, 0.25) is 0 Å². The molecule has 0 bridgehead atoms. The average Bonchev–Trinajstić information content (AvgIpc) is 3.29. The summed E-state index contributed by atoms with van der Waals surface area (Å²) >= 11 is 1.14. The highest BCUT2D eigenvalue weighted by molar-refractivity contribution is 7.17. The van der Waals surface area contributed by atoms with E-state index in [0.29, 0.717) is 27.0 Å². The standard InChI is InChI=1S/C20H21FN4O3S/c1-11(2)25-16(9-10-22-25)24-18(26)13(4)28-20(27)17-12(3)23-19(29-17)14-5-7-15(21)8-6-14/h5-11,13H,1-4H3,(H,24,26)/t13-/m1/s1. The number of ether oxygens (including phenoxy) is 1. The number of hydrogen-bond acceptors (Lipinski definition) is 6. The second-order valence-electron chi connectivity index (χ2n) is 6.73. The largest absolute Gasteiger partial charge is 0.448 e. The molecule has 1 amide bonds. The van der Waals surface area contributed by atoms with Crippen LogP contribution in [0.15, 0.2) is 36.5 Å². The number of carbonyl (C=O) groups is 2. The Morgan fingerprint density at radius 1 is 1.17 bits per heavy atom. The van der Waals surface area contributed by atoms with E-state index in [1.807, 2.05) is 13.8 Å². The van der Waals surface area contributed by atoms with E-state index in [4.69, 9.17) is 4.74 Å². The molecule has 3 aromatic rings. The Kier molecular flexibility index (Phi) is 6.07. The lowest BCUT2D eigenvalue weighted by atomic mass is 10.2. The number of anilines is 1. The van der Waals surface area contributed by atoms with E-state index in [2.05, 4.69) is 15.4 Å². The maximum atomic E-state index is 13.1. The van der Waals surface area contributed by atoms with E-state index in [0.717, 1.165) is 11.3 Å². The number of benzene rings is 1. The van der Waals surface area contributed by atoms with Crippen LogP contribution in [-0.2, 0) is 9.53 Å². The Hall–Kier alpha value is -3.07. The zero-order valence-electron chi connectivity index (χ0n) is 16.5. The summed E-state index contributed by atoms with van der Waals surface area (Å²) in [5.41, 5.74) is 1.19. The summed E-state index contributed by atoms with van der Waals surface area (Å²) in [4.78, 5) is 29.6. The molecule has 0 saturated heterocycles. The van der Waals surface area contributed by atoms with Crippen LogP contribution in [0.25, 0.3) is 10.6 Å². The molecule has 2 aromatic heterocycles. The number of amides is 1. The van der Waals surface area contributed by atoms with Gasteiger partial charge in [0.05, 0.1) is 11.9 Å². The molecule has 9 heteroatoms. The smallest absolute Gasteiger partial charge is 0.351 e. The molecular formula is C20H21FN4O3S. The van der Waals surface area contributed by atoms with Crippen molar-refractivity contribution in [1.82, 2.24) is 14.8 Å². The molecule has 0 saturated carbocycles. The van der Waals surface area contributed by atoms with Gasteiger partial charge in [-0.1, -0.05) is 0 Å². The van der Waals surface area contributed by atoms with Gasteiger partial charge in [0.15, 0.2) is 6.10 Å². The highest BCUT2D eigenvalue weighted by atomic mass is 32.1. The van der Waals surface area contributed by atoms with Crippen LogP contribution in [-0.4, -0.2) is 32.7 Å². The Bertz CT molecular complexity index is 1030. The summed E-state index contributed by atoms with van der Waals surface area (Å²) in [6.45, 7) is 7.07. The summed E-state index contributed by atoms with van der Waals surface area (Å²) in [5, 5.41) is 7.44. The van der Waals surface area contributed by atoms with Crippen LogP contribution >= 0.6 is 11.3 Å². The van der Waals surface area contributed by atoms with Crippen LogP contribution in [0.3, 0.4) is 0 Å². The summed E-state index contributed by atoms with van der Waals surface area (Å²) in [6.07, 6.45) is 0.581. The Balaban J connectivity index is 1.68. The molecule has 29 heavy (non-hydrogen) atoms. The number of nitrogens with zero attached hydrogens (tertiary/aromatic N) is 3. The zero-order valence-corrected chi connectivity index (χ0v) is 17.3. The van der Waals surface area contributed by atoms with Gasteiger partial charge in [0.25, 0.3) is 5.91 Å². The summed E-state index contributed by atoms with van der Waals surface area (Å²) in [6, 6.07) is 7.60. The lowest BCUT2D eigenvalue weighted by Gasteiger charge is -2.15. The topological polar surface area (TPSA) is 86.1 Å². The maximum absolute atomic E-state index is 13.1. The van der Waals surface area contributed by atoms with Gasteiger partial charge in [-0.05, 0) is 52.0 Å². The minimum atomic E-state index is -1.01. The number of esters is 1. The first-order chi connectivity index (χ1) is 13.8. The molecule has 3 rings (SSSR count). The first-order valence-corrected chi connectivity index (χ1v) is 9.86. The van der Waals surface area contributed by atoms with Crippen molar-refractivity contribution in [2.24, 2.45) is 0 Å². The number of aryl methyl sites for hydroxylation is 1. The minimum Gasteiger partial charge on any atom is -0.448 e. The maximum Gasteiger partial charge on any atom is 0.351 e. The van der Waals surface area contributed by atoms with Crippen molar-refractivity contribution in [2.45, 2.75) is 39.8 Å². The van der Waals surface area contributed by atoms with Gasteiger partial charge in [-0.3, -0.25) is 4.79 Å². The molecular weight excluding hydrogens is 395 g/mol. The van der Waals surface area contributed by atoms with Crippen LogP contribution < -0.4 is 5.32 Å². The predicted octanol–water partition coefficient (Wildman–Crippen LogP) is 4.22. The Morgan fingerprint density at radius 3 is 2.52 bits per heavy atom. The van der Waals surface area contributed by atoms with Crippen LogP contribution in [0.1, 0.15) is 42.2 Å². The van der Waals surface area contributed by atoms with Gasteiger partial charge in [0, 0.05) is 17.7 Å². The number of aromatic nitrogens is 3. The van der Waals surface area contributed by atoms with Gasteiger partial charge in [-0.25, -0.2) is 18.9 Å². The van der Waals surface area contributed by atoms with Crippen molar-refractivity contribution in [1.29, 1.82) is 0 Å². The third-order valence-electron chi connectivity index (χ3n) is 4.14. The molecule has 1 N–H and O–H groups in total.